The molecule has 1 aromatic rings. The van der Waals surface area contributed by atoms with Gasteiger partial charge in [-0.2, -0.15) is 0 Å². The first kappa shape index (κ1) is 15.9. The van der Waals surface area contributed by atoms with Crippen LogP contribution in [-0.4, -0.2) is 55.8 Å². The molecule has 1 heterocycles. The van der Waals surface area contributed by atoms with Gasteiger partial charge in [-0.25, -0.2) is 13.1 Å². The van der Waals surface area contributed by atoms with Crippen molar-refractivity contribution in [1.29, 1.82) is 0 Å². The molecule has 0 unspecified atom stereocenters. The molecule has 1 amide bonds. The summed E-state index contributed by atoms with van der Waals surface area (Å²) in [6, 6.07) is 8.94. The van der Waals surface area contributed by atoms with Crippen molar-refractivity contribution in [3.05, 3.63) is 35.9 Å². The first-order chi connectivity index (χ1) is 9.87. The van der Waals surface area contributed by atoms with Crippen LogP contribution in [0.15, 0.2) is 30.3 Å². The van der Waals surface area contributed by atoms with Gasteiger partial charge in [0.25, 0.3) is 5.91 Å². The highest BCUT2D eigenvalue weighted by Gasteiger charge is 2.34. The zero-order chi connectivity index (χ0) is 15.5. The minimum absolute atomic E-state index is 0.0156. The van der Waals surface area contributed by atoms with Gasteiger partial charge in [-0.3, -0.25) is 4.79 Å². The Balaban J connectivity index is 1.80. The Labute approximate surface area is 124 Å². The van der Waals surface area contributed by atoms with Crippen LogP contribution in [0.4, 0.5) is 0 Å². The van der Waals surface area contributed by atoms with Crippen LogP contribution in [0.2, 0.25) is 0 Å². The third-order valence-electron chi connectivity index (χ3n) is 3.32. The fourth-order valence-electron chi connectivity index (χ4n) is 2.22. The topological polar surface area (TPSA) is 86.7 Å². The predicted octanol–water partition coefficient (Wildman–Crippen LogP) is 0.0588. The van der Waals surface area contributed by atoms with Crippen molar-refractivity contribution in [2.45, 2.75) is 13.0 Å². The summed E-state index contributed by atoms with van der Waals surface area (Å²) in [5.41, 5.74) is 0.617. The van der Waals surface area contributed by atoms with Crippen LogP contribution in [0.1, 0.15) is 17.3 Å². The number of aliphatic hydroxyl groups excluding tert-OH is 1. The van der Waals surface area contributed by atoms with Crippen LogP contribution in [0.3, 0.4) is 0 Å². The largest absolute Gasteiger partial charge is 0.392 e. The molecule has 1 aliphatic heterocycles. The fraction of sp³-hybridized carbons (Fsp3) is 0.500. The number of benzene rings is 1. The van der Waals surface area contributed by atoms with E-state index in [0.717, 1.165) is 0 Å². The summed E-state index contributed by atoms with van der Waals surface area (Å²) < 4.78 is 25.9. The molecule has 0 aliphatic carbocycles. The van der Waals surface area contributed by atoms with E-state index in [2.05, 4.69) is 4.72 Å². The summed E-state index contributed by atoms with van der Waals surface area (Å²) >= 11 is 0. The van der Waals surface area contributed by atoms with Crippen molar-refractivity contribution >= 4 is 15.9 Å². The second-order valence-corrected chi connectivity index (χ2v) is 7.27. The Bertz CT molecular complexity index is 580. The second-order valence-electron chi connectivity index (χ2n) is 5.42. The predicted molar refractivity (Wildman–Crippen MR) is 79.3 cm³/mol. The summed E-state index contributed by atoms with van der Waals surface area (Å²) in [5.74, 6) is -0.136. The molecule has 1 aromatic carbocycles. The van der Waals surface area contributed by atoms with E-state index < -0.39 is 16.1 Å². The van der Waals surface area contributed by atoms with E-state index in [1.165, 1.54) is 6.92 Å². The number of hydrogen-bond acceptors (Lipinski definition) is 4. The van der Waals surface area contributed by atoms with Gasteiger partial charge in [-0.1, -0.05) is 18.2 Å². The van der Waals surface area contributed by atoms with E-state index in [9.17, 15) is 13.2 Å². The van der Waals surface area contributed by atoms with E-state index in [1.807, 2.05) is 6.07 Å². The zero-order valence-electron chi connectivity index (χ0n) is 11.9. The number of nitrogens with one attached hydrogen (secondary N) is 1. The average molecular weight is 312 g/mol. The Morgan fingerprint density at radius 2 is 2.00 bits per heavy atom. The highest BCUT2D eigenvalue weighted by Crippen LogP contribution is 2.20. The quantitative estimate of drug-likeness (QED) is 0.777. The number of sulfonamides is 1. The van der Waals surface area contributed by atoms with Gasteiger partial charge >= 0.3 is 0 Å². The molecule has 1 saturated heterocycles. The lowest BCUT2D eigenvalue weighted by atomic mass is 10.0. The van der Waals surface area contributed by atoms with Crippen molar-refractivity contribution in [3.8, 4) is 0 Å². The lowest BCUT2D eigenvalue weighted by Gasteiger charge is -2.39. The fourth-order valence-corrected chi connectivity index (χ4v) is 3.67. The molecule has 2 N–H and O–H groups in total. The van der Waals surface area contributed by atoms with Crippen molar-refractivity contribution in [2.75, 3.05) is 25.4 Å². The van der Waals surface area contributed by atoms with Crippen LogP contribution in [0, 0.1) is 5.92 Å². The molecule has 0 spiro atoms. The highest BCUT2D eigenvalue weighted by atomic mass is 32.2. The van der Waals surface area contributed by atoms with Crippen molar-refractivity contribution in [3.63, 3.8) is 0 Å². The van der Waals surface area contributed by atoms with Gasteiger partial charge in [-0.05, 0) is 19.1 Å². The van der Waals surface area contributed by atoms with E-state index in [-0.39, 0.29) is 24.1 Å². The maximum absolute atomic E-state index is 12.1. The van der Waals surface area contributed by atoms with Gasteiger partial charge in [0.2, 0.25) is 10.0 Å². The van der Waals surface area contributed by atoms with Crippen LogP contribution >= 0.6 is 0 Å². The molecule has 0 saturated carbocycles. The van der Waals surface area contributed by atoms with Gasteiger partial charge in [0, 0.05) is 31.1 Å². The SMILES string of the molecule is C[C@H](O)CNS(=O)(=O)CC1CN(C(=O)c2ccccc2)C1. The van der Waals surface area contributed by atoms with Gasteiger partial charge in [-0.15, -0.1) is 0 Å². The number of nitrogens with zero attached hydrogens (tertiary/aromatic N) is 1. The summed E-state index contributed by atoms with van der Waals surface area (Å²) in [5, 5.41) is 9.08. The monoisotopic (exact) mass is 312 g/mol. The smallest absolute Gasteiger partial charge is 0.253 e. The standard InChI is InChI=1S/C14H20N2O4S/c1-11(17)7-15-21(19,20)10-12-8-16(9-12)14(18)13-5-3-2-4-6-13/h2-6,11-12,15,17H,7-10H2,1H3/t11-/m0/s1. The molecule has 1 fully saturated rings. The van der Waals surface area contributed by atoms with Crippen molar-refractivity contribution in [2.24, 2.45) is 5.92 Å². The summed E-state index contributed by atoms with van der Waals surface area (Å²) in [6.45, 7) is 2.43. The molecule has 0 bridgehead atoms. The molecule has 2 rings (SSSR count). The Hall–Kier alpha value is -1.44. The lowest BCUT2D eigenvalue weighted by Crippen LogP contribution is -2.53. The maximum Gasteiger partial charge on any atom is 0.253 e. The molecule has 1 aliphatic rings. The Kier molecular flexibility index (Phi) is 4.97. The van der Waals surface area contributed by atoms with Crippen molar-refractivity contribution in [1.82, 2.24) is 9.62 Å². The van der Waals surface area contributed by atoms with Crippen LogP contribution < -0.4 is 4.72 Å². The Morgan fingerprint density at radius 1 is 1.38 bits per heavy atom. The highest BCUT2D eigenvalue weighted by molar-refractivity contribution is 7.89. The number of carbonyl (C=O) groups excluding carboxylic acids is 1. The first-order valence-electron chi connectivity index (χ1n) is 6.87. The van der Waals surface area contributed by atoms with Gasteiger partial charge in [0.15, 0.2) is 0 Å². The molecule has 7 heteroatoms. The number of rotatable bonds is 6. The first-order valence-corrected chi connectivity index (χ1v) is 8.52. The van der Waals surface area contributed by atoms with E-state index in [0.29, 0.717) is 18.7 Å². The number of aliphatic hydroxyl groups is 1. The molecule has 0 radical (unpaired) electrons. The number of likely N-dealkylation sites (tertiary alicyclic amines) is 1. The minimum Gasteiger partial charge on any atom is -0.392 e. The maximum atomic E-state index is 12.1. The molecule has 0 aromatic heterocycles. The molecule has 116 valence electrons. The average Bonchev–Trinajstić information content (AvgIpc) is 2.41. The summed E-state index contributed by atoms with van der Waals surface area (Å²) in [4.78, 5) is 13.7. The third kappa shape index (κ3) is 4.52. The van der Waals surface area contributed by atoms with E-state index in [1.54, 1.807) is 29.2 Å². The van der Waals surface area contributed by atoms with Gasteiger partial charge in [0.1, 0.15) is 0 Å². The van der Waals surface area contributed by atoms with E-state index >= 15 is 0 Å². The summed E-state index contributed by atoms with van der Waals surface area (Å²) in [7, 11) is -3.40. The zero-order valence-corrected chi connectivity index (χ0v) is 12.7. The van der Waals surface area contributed by atoms with Crippen molar-refractivity contribution < 1.29 is 18.3 Å². The van der Waals surface area contributed by atoms with E-state index in [4.69, 9.17) is 5.11 Å². The lowest BCUT2D eigenvalue weighted by molar-refractivity contribution is 0.0534. The molecule has 21 heavy (non-hydrogen) atoms. The molecular formula is C14H20N2O4S. The van der Waals surface area contributed by atoms with Crippen LogP contribution in [0.5, 0.6) is 0 Å². The Morgan fingerprint density at radius 3 is 2.57 bits per heavy atom. The number of amides is 1. The normalized spacial score (nSPS) is 17.3. The molecule has 1 atom stereocenters. The molecular weight excluding hydrogens is 292 g/mol. The van der Waals surface area contributed by atoms with Gasteiger partial charge < -0.3 is 10.0 Å². The van der Waals surface area contributed by atoms with Crippen LogP contribution in [-0.2, 0) is 10.0 Å². The summed E-state index contributed by atoms with van der Waals surface area (Å²) in [6.07, 6.45) is -0.711. The third-order valence-corrected chi connectivity index (χ3v) is 4.84. The van der Waals surface area contributed by atoms with Crippen LogP contribution in [0.25, 0.3) is 0 Å². The second kappa shape index (κ2) is 6.55. The number of hydrogen-bond donors (Lipinski definition) is 2. The number of carbonyl (C=O) groups is 1. The minimum atomic E-state index is -3.40. The van der Waals surface area contributed by atoms with Gasteiger partial charge in [0.05, 0.1) is 11.9 Å². The molecule has 6 nitrogen and oxygen atoms in total.